The Bertz CT molecular complexity index is 609. The topological polar surface area (TPSA) is 50.7 Å². The van der Waals surface area contributed by atoms with Gasteiger partial charge in [0.15, 0.2) is 6.04 Å². The molecule has 0 radical (unpaired) electrons. The SMILES string of the molecule is O=C1OC(c2ccccc2)=NN[C@@H]1c1ccccc1. The maximum atomic E-state index is 12.0. The summed E-state index contributed by atoms with van der Waals surface area (Å²) < 4.78 is 5.29. The summed E-state index contributed by atoms with van der Waals surface area (Å²) in [4.78, 5) is 12.0. The van der Waals surface area contributed by atoms with Crippen LogP contribution in [0.5, 0.6) is 0 Å². The molecule has 0 aliphatic carbocycles. The number of nitrogens with one attached hydrogen (secondary N) is 1. The number of carbonyl (C=O) groups is 1. The Hall–Kier alpha value is -2.62. The standard InChI is InChI=1S/C15H12N2O2/c18-15-13(11-7-3-1-4-8-11)16-17-14(19-15)12-9-5-2-6-10-12/h1-10,13,16H/t13-/m1/s1. The maximum absolute atomic E-state index is 12.0. The first-order valence-electron chi connectivity index (χ1n) is 6.00. The average molecular weight is 252 g/mol. The minimum atomic E-state index is -0.548. The number of rotatable bonds is 2. The van der Waals surface area contributed by atoms with E-state index in [0.717, 1.165) is 11.1 Å². The van der Waals surface area contributed by atoms with Gasteiger partial charge < -0.3 is 4.74 Å². The molecule has 0 fully saturated rings. The summed E-state index contributed by atoms with van der Waals surface area (Å²) in [7, 11) is 0. The number of esters is 1. The van der Waals surface area contributed by atoms with Gasteiger partial charge in [-0.25, -0.2) is 4.79 Å². The Morgan fingerprint density at radius 1 is 0.947 bits per heavy atom. The van der Waals surface area contributed by atoms with Gasteiger partial charge in [-0.2, -0.15) is 0 Å². The van der Waals surface area contributed by atoms with Crippen molar-refractivity contribution in [1.29, 1.82) is 0 Å². The molecule has 0 spiro atoms. The van der Waals surface area contributed by atoms with Crippen LogP contribution in [-0.4, -0.2) is 11.9 Å². The zero-order valence-corrected chi connectivity index (χ0v) is 10.1. The van der Waals surface area contributed by atoms with Crippen LogP contribution in [0.15, 0.2) is 65.8 Å². The predicted octanol–water partition coefficient (Wildman–Crippen LogP) is 2.24. The largest absolute Gasteiger partial charge is 0.403 e. The Morgan fingerprint density at radius 2 is 1.58 bits per heavy atom. The number of hydrogen-bond acceptors (Lipinski definition) is 4. The van der Waals surface area contributed by atoms with Crippen LogP contribution >= 0.6 is 0 Å². The van der Waals surface area contributed by atoms with Gasteiger partial charge in [-0.1, -0.05) is 48.5 Å². The van der Waals surface area contributed by atoms with Gasteiger partial charge in [-0.05, 0) is 17.7 Å². The van der Waals surface area contributed by atoms with E-state index in [1.54, 1.807) is 0 Å². The van der Waals surface area contributed by atoms with E-state index >= 15 is 0 Å². The van der Waals surface area contributed by atoms with Gasteiger partial charge in [0.25, 0.3) is 0 Å². The van der Waals surface area contributed by atoms with Crippen LogP contribution in [-0.2, 0) is 9.53 Å². The highest BCUT2D eigenvalue weighted by Gasteiger charge is 2.28. The molecule has 1 atom stereocenters. The van der Waals surface area contributed by atoms with Crippen molar-refractivity contribution in [3.8, 4) is 0 Å². The molecule has 4 heteroatoms. The fourth-order valence-corrected chi connectivity index (χ4v) is 1.91. The first-order valence-corrected chi connectivity index (χ1v) is 6.00. The van der Waals surface area contributed by atoms with Gasteiger partial charge in [0.2, 0.25) is 5.90 Å². The molecule has 1 aliphatic heterocycles. The number of hydrazone groups is 1. The van der Waals surface area contributed by atoms with Crippen molar-refractivity contribution in [2.75, 3.05) is 0 Å². The van der Waals surface area contributed by atoms with E-state index in [-0.39, 0.29) is 5.97 Å². The van der Waals surface area contributed by atoms with Crippen LogP contribution in [0.1, 0.15) is 17.2 Å². The zero-order chi connectivity index (χ0) is 13.1. The van der Waals surface area contributed by atoms with Gasteiger partial charge in [0.05, 0.1) is 0 Å². The Morgan fingerprint density at radius 3 is 2.21 bits per heavy atom. The van der Waals surface area contributed by atoms with Gasteiger partial charge in [0, 0.05) is 5.56 Å². The molecule has 0 bridgehead atoms. The van der Waals surface area contributed by atoms with Crippen molar-refractivity contribution in [3.63, 3.8) is 0 Å². The summed E-state index contributed by atoms with van der Waals surface area (Å²) in [6.45, 7) is 0. The minimum Gasteiger partial charge on any atom is -0.403 e. The molecule has 1 aliphatic rings. The van der Waals surface area contributed by atoms with Crippen molar-refractivity contribution >= 4 is 11.9 Å². The molecular formula is C15H12N2O2. The lowest BCUT2D eigenvalue weighted by atomic mass is 10.1. The van der Waals surface area contributed by atoms with Gasteiger partial charge in [-0.15, -0.1) is 5.10 Å². The molecule has 0 saturated carbocycles. The number of benzene rings is 2. The molecule has 0 aromatic heterocycles. The second kappa shape index (κ2) is 4.94. The molecule has 1 N–H and O–H groups in total. The molecular weight excluding hydrogens is 240 g/mol. The maximum Gasteiger partial charge on any atom is 0.341 e. The first-order chi connectivity index (χ1) is 9.34. The van der Waals surface area contributed by atoms with Crippen LogP contribution in [0.4, 0.5) is 0 Å². The minimum absolute atomic E-state index is 0.304. The lowest BCUT2D eigenvalue weighted by Gasteiger charge is -2.21. The predicted molar refractivity (Wildman–Crippen MR) is 71.4 cm³/mol. The van der Waals surface area contributed by atoms with E-state index in [1.165, 1.54) is 0 Å². The first kappa shape index (κ1) is 11.5. The van der Waals surface area contributed by atoms with Gasteiger partial charge in [0.1, 0.15) is 0 Å². The van der Waals surface area contributed by atoms with Crippen molar-refractivity contribution in [2.24, 2.45) is 5.10 Å². The molecule has 1 heterocycles. The Balaban J connectivity index is 1.85. The highest BCUT2D eigenvalue weighted by Crippen LogP contribution is 2.19. The molecule has 0 amide bonds. The number of hydrogen-bond donors (Lipinski definition) is 1. The fourth-order valence-electron chi connectivity index (χ4n) is 1.91. The van der Waals surface area contributed by atoms with Gasteiger partial charge >= 0.3 is 5.97 Å². The molecule has 2 aromatic rings. The summed E-state index contributed by atoms with van der Waals surface area (Å²) in [5.74, 6) is -0.0437. The second-order valence-electron chi connectivity index (χ2n) is 4.18. The van der Waals surface area contributed by atoms with E-state index in [0.29, 0.717) is 5.90 Å². The van der Waals surface area contributed by atoms with Crippen LogP contribution in [0, 0.1) is 0 Å². The summed E-state index contributed by atoms with van der Waals surface area (Å²) >= 11 is 0. The smallest absolute Gasteiger partial charge is 0.341 e. The number of carbonyl (C=O) groups excluding carboxylic acids is 1. The highest BCUT2D eigenvalue weighted by atomic mass is 16.5. The van der Waals surface area contributed by atoms with E-state index in [1.807, 2.05) is 60.7 Å². The van der Waals surface area contributed by atoms with Crippen molar-refractivity contribution in [2.45, 2.75) is 6.04 Å². The monoisotopic (exact) mass is 252 g/mol. The van der Waals surface area contributed by atoms with Crippen molar-refractivity contribution < 1.29 is 9.53 Å². The van der Waals surface area contributed by atoms with Crippen LogP contribution in [0.2, 0.25) is 0 Å². The molecule has 3 rings (SSSR count). The highest BCUT2D eigenvalue weighted by molar-refractivity contribution is 6.02. The quantitative estimate of drug-likeness (QED) is 0.834. The third-order valence-electron chi connectivity index (χ3n) is 2.88. The zero-order valence-electron chi connectivity index (χ0n) is 10.1. The number of ether oxygens (including phenoxy) is 1. The number of nitrogens with zero attached hydrogens (tertiary/aromatic N) is 1. The summed E-state index contributed by atoms with van der Waals surface area (Å²) in [6.07, 6.45) is 0. The molecule has 0 saturated heterocycles. The van der Waals surface area contributed by atoms with Crippen molar-refractivity contribution in [1.82, 2.24) is 5.43 Å². The van der Waals surface area contributed by atoms with Gasteiger partial charge in [-0.3, -0.25) is 5.43 Å². The Kier molecular flexibility index (Phi) is 2.98. The van der Waals surface area contributed by atoms with Crippen LogP contribution < -0.4 is 5.43 Å². The Labute approximate surface area is 110 Å². The van der Waals surface area contributed by atoms with E-state index in [2.05, 4.69) is 10.5 Å². The molecule has 4 nitrogen and oxygen atoms in total. The summed E-state index contributed by atoms with van der Waals surface area (Å²) in [5.41, 5.74) is 4.46. The molecule has 0 unspecified atom stereocenters. The average Bonchev–Trinajstić information content (AvgIpc) is 2.49. The molecule has 94 valence electrons. The van der Waals surface area contributed by atoms with Crippen LogP contribution in [0.3, 0.4) is 0 Å². The lowest BCUT2D eigenvalue weighted by molar-refractivity contribution is -0.139. The summed E-state index contributed by atoms with van der Waals surface area (Å²) in [6, 6.07) is 18.2. The van der Waals surface area contributed by atoms with E-state index < -0.39 is 6.04 Å². The fraction of sp³-hybridized carbons (Fsp3) is 0.0667. The molecule has 2 aromatic carbocycles. The second-order valence-corrected chi connectivity index (χ2v) is 4.18. The van der Waals surface area contributed by atoms with E-state index in [9.17, 15) is 4.79 Å². The number of cyclic esters (lactones) is 1. The normalized spacial score (nSPS) is 18.2. The lowest BCUT2D eigenvalue weighted by Crippen LogP contribution is -2.35. The van der Waals surface area contributed by atoms with E-state index in [4.69, 9.17) is 4.74 Å². The third kappa shape index (κ3) is 2.33. The summed E-state index contributed by atoms with van der Waals surface area (Å²) in [5, 5.41) is 4.13. The van der Waals surface area contributed by atoms with Crippen molar-refractivity contribution in [3.05, 3.63) is 71.8 Å². The third-order valence-corrected chi connectivity index (χ3v) is 2.88. The molecule has 19 heavy (non-hydrogen) atoms. The van der Waals surface area contributed by atoms with Crippen LogP contribution in [0.25, 0.3) is 0 Å².